The summed E-state index contributed by atoms with van der Waals surface area (Å²) in [6, 6.07) is 13.0. The number of nitrogens with zero attached hydrogens (tertiary/aromatic N) is 3. The molecule has 4 rings (SSSR count). The van der Waals surface area contributed by atoms with Crippen LogP contribution in [0.15, 0.2) is 47.6 Å². The molecule has 1 amide bonds. The number of halogens is 1. The van der Waals surface area contributed by atoms with Gasteiger partial charge in [-0.05, 0) is 55.7 Å². The highest BCUT2D eigenvalue weighted by Crippen LogP contribution is 2.38. The molecule has 2 heterocycles. The third kappa shape index (κ3) is 4.56. The third-order valence-electron chi connectivity index (χ3n) is 5.31. The number of hydrogen-bond donors (Lipinski definition) is 2. The largest absolute Gasteiger partial charge is 0.494 e. The summed E-state index contributed by atoms with van der Waals surface area (Å²) in [5, 5.41) is 12.5. The van der Waals surface area contributed by atoms with Crippen molar-refractivity contribution < 1.29 is 9.53 Å². The van der Waals surface area contributed by atoms with Gasteiger partial charge >= 0.3 is 0 Å². The first-order chi connectivity index (χ1) is 15.5. The van der Waals surface area contributed by atoms with Gasteiger partial charge < -0.3 is 15.5 Å². The minimum atomic E-state index is -0.461. The van der Waals surface area contributed by atoms with Crippen molar-refractivity contribution in [3.8, 4) is 5.75 Å². The zero-order valence-corrected chi connectivity index (χ0v) is 19.8. The van der Waals surface area contributed by atoms with Crippen molar-refractivity contribution in [2.75, 3.05) is 17.3 Å². The van der Waals surface area contributed by atoms with Crippen molar-refractivity contribution in [1.82, 2.24) is 14.9 Å². The molecule has 0 radical (unpaired) electrons. The molecular weight excluding hydrogens is 446 g/mol. The van der Waals surface area contributed by atoms with Crippen LogP contribution in [0.3, 0.4) is 0 Å². The second-order valence-corrected chi connectivity index (χ2v) is 9.05. The Labute approximate surface area is 196 Å². The van der Waals surface area contributed by atoms with E-state index in [0.29, 0.717) is 22.5 Å². The lowest BCUT2D eigenvalue weighted by Gasteiger charge is -2.33. The summed E-state index contributed by atoms with van der Waals surface area (Å²) >= 11 is 7.65. The minimum Gasteiger partial charge on any atom is -0.494 e. The summed E-state index contributed by atoms with van der Waals surface area (Å²) in [6.07, 6.45) is 1.76. The van der Waals surface area contributed by atoms with Crippen molar-refractivity contribution >= 4 is 35.0 Å². The Morgan fingerprint density at radius 1 is 1.22 bits per heavy atom. The van der Waals surface area contributed by atoms with Crippen molar-refractivity contribution in [3.63, 3.8) is 0 Å². The van der Waals surface area contributed by atoms with Crippen LogP contribution in [0.4, 0.5) is 5.69 Å². The summed E-state index contributed by atoms with van der Waals surface area (Å²) < 4.78 is 7.48. The Kier molecular flexibility index (Phi) is 6.91. The average molecular weight is 472 g/mol. The number of aromatic nitrogens is 3. The van der Waals surface area contributed by atoms with E-state index in [4.69, 9.17) is 16.3 Å². The molecule has 1 aromatic heterocycles. The zero-order valence-electron chi connectivity index (χ0n) is 18.3. The second-order valence-electron chi connectivity index (χ2n) is 7.53. The summed E-state index contributed by atoms with van der Waals surface area (Å²) in [5.41, 5.74) is 6.00. The van der Waals surface area contributed by atoms with Crippen LogP contribution in [0.1, 0.15) is 43.3 Å². The van der Waals surface area contributed by atoms with Gasteiger partial charge in [0, 0.05) is 17.1 Å². The molecule has 0 saturated carbocycles. The summed E-state index contributed by atoms with van der Waals surface area (Å²) in [6.45, 7) is 6.55. The fourth-order valence-electron chi connectivity index (χ4n) is 3.62. The van der Waals surface area contributed by atoms with E-state index in [2.05, 4.69) is 27.9 Å². The van der Waals surface area contributed by atoms with E-state index >= 15 is 0 Å². The normalized spacial score (nSPS) is 17.4. The number of ether oxygens (including phenoxy) is 1. The lowest BCUT2D eigenvalue weighted by atomic mass is 10.0. The van der Waals surface area contributed by atoms with Crippen molar-refractivity contribution in [3.05, 3.63) is 64.4 Å². The van der Waals surface area contributed by atoms with E-state index in [9.17, 15) is 4.79 Å². The molecule has 2 N–H and O–H groups in total. The number of fused-ring (bicyclic) bond motifs is 1. The molecule has 1 aliphatic rings. The molecule has 1 aliphatic heterocycles. The van der Waals surface area contributed by atoms with E-state index in [-0.39, 0.29) is 11.9 Å². The van der Waals surface area contributed by atoms with Gasteiger partial charge in [0.05, 0.1) is 12.6 Å². The quantitative estimate of drug-likeness (QED) is 0.505. The lowest BCUT2D eigenvalue weighted by molar-refractivity contribution is -0.116. The maximum Gasteiger partial charge on any atom is 0.240 e. The van der Waals surface area contributed by atoms with Crippen molar-refractivity contribution in [2.24, 2.45) is 0 Å². The summed E-state index contributed by atoms with van der Waals surface area (Å²) in [5.74, 6) is 1.53. The van der Waals surface area contributed by atoms with Gasteiger partial charge in [0.1, 0.15) is 11.0 Å². The highest BCUT2D eigenvalue weighted by atomic mass is 35.5. The fraction of sp³-hybridized carbons (Fsp3) is 0.348. The molecule has 7 nitrogen and oxygen atoms in total. The number of carbonyl (C=O) groups is 1. The second kappa shape index (κ2) is 9.83. The predicted octanol–water partition coefficient (Wildman–Crippen LogP) is 4.99. The average Bonchev–Trinajstić information content (AvgIpc) is 3.19. The van der Waals surface area contributed by atoms with E-state index in [1.807, 2.05) is 61.0 Å². The molecule has 0 unspecified atom stereocenters. The van der Waals surface area contributed by atoms with Gasteiger partial charge in [-0.3, -0.25) is 4.79 Å². The first kappa shape index (κ1) is 22.5. The number of nitrogens with one attached hydrogen (secondary N) is 2. The van der Waals surface area contributed by atoms with Gasteiger partial charge in [-0.1, -0.05) is 48.5 Å². The monoisotopic (exact) mass is 471 g/mol. The van der Waals surface area contributed by atoms with Gasteiger partial charge in [0.2, 0.25) is 11.1 Å². The minimum absolute atomic E-state index is 0.127. The SMILES string of the molecule is CCCc1nnc2n1N[C@H](c1ccc(OCC)cc1)[C@H](C(=O)Nc1cccc(Cl)c1C)S2. The molecule has 2 atom stereocenters. The number of rotatable bonds is 7. The number of anilines is 1. The van der Waals surface area contributed by atoms with Crippen LogP contribution in [-0.4, -0.2) is 32.6 Å². The predicted molar refractivity (Wildman–Crippen MR) is 128 cm³/mol. The Morgan fingerprint density at radius 2 is 2.00 bits per heavy atom. The van der Waals surface area contributed by atoms with Crippen LogP contribution in [-0.2, 0) is 11.2 Å². The Morgan fingerprint density at radius 3 is 2.72 bits per heavy atom. The van der Waals surface area contributed by atoms with Gasteiger partial charge in [0.15, 0.2) is 5.82 Å². The Balaban J connectivity index is 1.66. The number of amides is 1. The standard InChI is InChI=1S/C23H26ClN5O2S/c1-4-7-19-26-27-23-29(19)28-20(15-10-12-16(13-11-15)31-5-2)21(32-23)22(30)25-18-9-6-8-17(24)14(18)3/h6,8-13,20-21,28H,4-5,7H2,1-3H3,(H,25,30)/t20-,21-/m1/s1. The molecule has 0 aliphatic carbocycles. The number of hydrogen-bond acceptors (Lipinski definition) is 6. The maximum absolute atomic E-state index is 13.4. The van der Waals surface area contributed by atoms with E-state index in [1.165, 1.54) is 11.8 Å². The molecule has 0 bridgehead atoms. The summed E-state index contributed by atoms with van der Waals surface area (Å²) in [7, 11) is 0. The maximum atomic E-state index is 13.4. The first-order valence-corrected chi connectivity index (χ1v) is 11.9. The van der Waals surface area contributed by atoms with Crippen LogP contribution in [0.5, 0.6) is 5.75 Å². The zero-order chi connectivity index (χ0) is 22.7. The van der Waals surface area contributed by atoms with Gasteiger partial charge in [-0.2, -0.15) is 0 Å². The van der Waals surface area contributed by atoms with Gasteiger partial charge in [-0.15, -0.1) is 10.2 Å². The fourth-order valence-corrected chi connectivity index (χ4v) is 4.89. The number of benzene rings is 2. The van der Waals surface area contributed by atoms with Gasteiger partial charge in [-0.25, -0.2) is 4.68 Å². The highest BCUT2D eigenvalue weighted by Gasteiger charge is 2.38. The number of thioether (sulfide) groups is 1. The van der Waals surface area contributed by atoms with Crippen LogP contribution < -0.4 is 15.5 Å². The number of aryl methyl sites for hydroxylation is 1. The van der Waals surface area contributed by atoms with Crippen LogP contribution >= 0.6 is 23.4 Å². The highest BCUT2D eigenvalue weighted by molar-refractivity contribution is 8.00. The molecule has 2 aromatic carbocycles. The van der Waals surface area contributed by atoms with Gasteiger partial charge in [0.25, 0.3) is 0 Å². The Hall–Kier alpha value is -2.71. The molecular formula is C23H26ClN5O2S. The molecule has 0 spiro atoms. The number of carbonyl (C=O) groups excluding carboxylic acids is 1. The van der Waals surface area contributed by atoms with Crippen LogP contribution in [0.2, 0.25) is 5.02 Å². The van der Waals surface area contributed by atoms with E-state index < -0.39 is 5.25 Å². The molecule has 0 saturated heterocycles. The first-order valence-electron chi connectivity index (χ1n) is 10.7. The van der Waals surface area contributed by atoms with E-state index in [1.54, 1.807) is 0 Å². The summed E-state index contributed by atoms with van der Waals surface area (Å²) in [4.78, 5) is 13.4. The third-order valence-corrected chi connectivity index (χ3v) is 6.94. The van der Waals surface area contributed by atoms with Crippen LogP contribution in [0.25, 0.3) is 0 Å². The molecule has 32 heavy (non-hydrogen) atoms. The smallest absolute Gasteiger partial charge is 0.240 e. The van der Waals surface area contributed by atoms with Crippen molar-refractivity contribution in [1.29, 1.82) is 0 Å². The topological polar surface area (TPSA) is 81.1 Å². The molecule has 0 fully saturated rings. The van der Waals surface area contributed by atoms with Crippen LogP contribution in [0, 0.1) is 6.92 Å². The molecule has 9 heteroatoms. The van der Waals surface area contributed by atoms with Crippen molar-refractivity contribution in [2.45, 2.75) is 50.1 Å². The lowest BCUT2D eigenvalue weighted by Crippen LogP contribution is -2.41. The molecule has 168 valence electrons. The molecule has 3 aromatic rings. The van der Waals surface area contributed by atoms with E-state index in [0.717, 1.165) is 35.5 Å². The Bertz CT molecular complexity index is 1100.